The lowest BCUT2D eigenvalue weighted by Gasteiger charge is -2.20. The summed E-state index contributed by atoms with van der Waals surface area (Å²) in [5.74, 6) is 0.267. The fourth-order valence-electron chi connectivity index (χ4n) is 4.64. The molecule has 0 bridgehead atoms. The Balaban J connectivity index is 1.45. The maximum Gasteiger partial charge on any atom is 0.274 e. The van der Waals surface area contributed by atoms with Gasteiger partial charge in [-0.2, -0.15) is 10.4 Å². The van der Waals surface area contributed by atoms with Gasteiger partial charge >= 0.3 is 0 Å². The summed E-state index contributed by atoms with van der Waals surface area (Å²) in [5.41, 5.74) is 1.82. The zero-order valence-electron chi connectivity index (χ0n) is 18.4. The zero-order chi connectivity index (χ0) is 23.7. The Kier molecular flexibility index (Phi) is 6.02. The second-order valence-corrected chi connectivity index (χ2v) is 8.49. The molecule has 0 amide bonds. The summed E-state index contributed by atoms with van der Waals surface area (Å²) in [6, 6.07) is 12.4. The molecule has 3 aromatic rings. The molecular weight excluding hydrogens is 442 g/mol. The topological polar surface area (TPSA) is 95.2 Å². The van der Waals surface area contributed by atoms with Crippen LogP contribution in [0.3, 0.4) is 0 Å². The van der Waals surface area contributed by atoms with Gasteiger partial charge in [-0.05, 0) is 37.6 Å². The molecule has 2 unspecified atom stereocenters. The van der Waals surface area contributed by atoms with Crippen LogP contribution in [0.2, 0.25) is 0 Å². The van der Waals surface area contributed by atoms with Crippen LogP contribution in [0.4, 0.5) is 20.2 Å². The number of benzene rings is 2. The van der Waals surface area contributed by atoms with Crippen molar-refractivity contribution in [2.75, 3.05) is 23.4 Å². The molecule has 0 spiro atoms. The van der Waals surface area contributed by atoms with Crippen LogP contribution in [0.15, 0.2) is 47.3 Å². The number of hydrogen-bond donors (Lipinski definition) is 2. The number of ether oxygens (including phenoxy) is 1. The number of nitrogens with zero attached hydrogens (tertiary/aromatic N) is 4. The predicted octanol–water partition coefficient (Wildman–Crippen LogP) is 3.07. The maximum absolute atomic E-state index is 13.1. The number of nitriles is 1. The number of fused-ring (bicyclic) bond motifs is 2. The predicted molar refractivity (Wildman–Crippen MR) is 124 cm³/mol. The molecule has 34 heavy (non-hydrogen) atoms. The Morgan fingerprint density at radius 1 is 1.24 bits per heavy atom. The molecule has 2 atom stereocenters. The van der Waals surface area contributed by atoms with Gasteiger partial charge in [-0.1, -0.05) is 18.2 Å². The summed E-state index contributed by atoms with van der Waals surface area (Å²) >= 11 is 0. The fraction of sp³-hybridized carbons (Fsp3) is 0.375. The minimum absolute atomic E-state index is 0.131. The van der Waals surface area contributed by atoms with Crippen LogP contribution in [-0.2, 0) is 13.0 Å². The molecule has 5 rings (SSSR count). The largest absolute Gasteiger partial charge is 0.488 e. The summed E-state index contributed by atoms with van der Waals surface area (Å²) in [6.07, 6.45) is 1.57. The van der Waals surface area contributed by atoms with E-state index in [4.69, 9.17) is 9.84 Å². The number of rotatable bonds is 7. The van der Waals surface area contributed by atoms with E-state index < -0.39 is 19.2 Å². The lowest BCUT2D eigenvalue weighted by molar-refractivity contribution is 0.0819. The van der Waals surface area contributed by atoms with E-state index >= 15 is 0 Å². The van der Waals surface area contributed by atoms with Crippen molar-refractivity contribution in [1.82, 2.24) is 15.1 Å². The van der Waals surface area contributed by atoms with Crippen LogP contribution in [0.1, 0.15) is 18.5 Å². The van der Waals surface area contributed by atoms with Crippen molar-refractivity contribution in [1.29, 1.82) is 5.26 Å². The van der Waals surface area contributed by atoms with Gasteiger partial charge in [0.25, 0.3) is 12.0 Å². The van der Waals surface area contributed by atoms with Gasteiger partial charge in [0, 0.05) is 23.9 Å². The van der Waals surface area contributed by atoms with Gasteiger partial charge in [0.1, 0.15) is 18.5 Å². The van der Waals surface area contributed by atoms with Crippen molar-refractivity contribution in [3.63, 3.8) is 0 Å². The first kappa shape index (κ1) is 22.1. The van der Waals surface area contributed by atoms with E-state index in [-0.39, 0.29) is 17.4 Å². The van der Waals surface area contributed by atoms with Gasteiger partial charge in [0.2, 0.25) is 0 Å². The normalized spacial score (nSPS) is 19.3. The van der Waals surface area contributed by atoms with Gasteiger partial charge < -0.3 is 15.4 Å². The minimum Gasteiger partial charge on any atom is -0.488 e. The van der Waals surface area contributed by atoms with Crippen LogP contribution in [0, 0.1) is 11.5 Å². The molecule has 0 aliphatic carbocycles. The first-order valence-electron chi connectivity index (χ1n) is 11.3. The number of alkyl halides is 2. The number of hydrogen-bond acceptors (Lipinski definition) is 7. The molecule has 8 nitrogen and oxygen atoms in total. The Morgan fingerprint density at radius 3 is 2.79 bits per heavy atom. The zero-order valence-corrected chi connectivity index (χ0v) is 18.4. The van der Waals surface area contributed by atoms with E-state index in [1.54, 1.807) is 24.3 Å². The van der Waals surface area contributed by atoms with E-state index in [0.717, 1.165) is 24.8 Å². The van der Waals surface area contributed by atoms with Gasteiger partial charge in [-0.15, -0.1) is 0 Å². The number of halogens is 2. The SMILES string of the molecule is N#CN1c2cc(OCC(F)F)ccc2NC1Cc1nn(CC2CCCN2)c(=O)c2ccccc12. The van der Waals surface area contributed by atoms with E-state index in [0.29, 0.717) is 35.4 Å². The average Bonchev–Trinajstić information content (AvgIpc) is 3.47. The second kappa shape index (κ2) is 9.27. The van der Waals surface area contributed by atoms with Crippen LogP contribution in [0.5, 0.6) is 5.75 Å². The quantitative estimate of drug-likeness (QED) is 0.517. The number of aromatic nitrogens is 2. The highest BCUT2D eigenvalue weighted by Gasteiger charge is 2.31. The van der Waals surface area contributed by atoms with Gasteiger partial charge in [0.15, 0.2) is 6.19 Å². The monoisotopic (exact) mass is 466 g/mol. The van der Waals surface area contributed by atoms with Crippen LogP contribution >= 0.6 is 0 Å². The molecule has 2 aliphatic rings. The third-order valence-corrected chi connectivity index (χ3v) is 6.23. The summed E-state index contributed by atoms with van der Waals surface area (Å²) < 4.78 is 31.7. The first-order valence-corrected chi connectivity index (χ1v) is 11.3. The Bertz CT molecular complexity index is 1300. The molecule has 3 heterocycles. The van der Waals surface area contributed by atoms with E-state index in [9.17, 15) is 18.8 Å². The summed E-state index contributed by atoms with van der Waals surface area (Å²) in [7, 11) is 0. The average molecular weight is 466 g/mol. The molecule has 1 fully saturated rings. The molecule has 2 aromatic carbocycles. The van der Waals surface area contributed by atoms with Crippen molar-refractivity contribution < 1.29 is 13.5 Å². The Hall–Kier alpha value is -3.71. The highest BCUT2D eigenvalue weighted by molar-refractivity contribution is 5.84. The maximum atomic E-state index is 13.1. The van der Waals surface area contributed by atoms with E-state index in [1.165, 1.54) is 9.58 Å². The second-order valence-electron chi connectivity index (χ2n) is 8.49. The lowest BCUT2D eigenvalue weighted by atomic mass is 10.1. The molecule has 2 aliphatic heterocycles. The van der Waals surface area contributed by atoms with Crippen molar-refractivity contribution in [2.24, 2.45) is 0 Å². The van der Waals surface area contributed by atoms with Crippen LogP contribution < -0.4 is 25.8 Å². The molecule has 2 N–H and O–H groups in total. The Labute approximate surface area is 194 Å². The minimum atomic E-state index is -2.58. The molecule has 0 radical (unpaired) electrons. The highest BCUT2D eigenvalue weighted by atomic mass is 19.3. The van der Waals surface area contributed by atoms with Crippen molar-refractivity contribution in [3.05, 3.63) is 58.5 Å². The number of anilines is 2. The summed E-state index contributed by atoms with van der Waals surface area (Å²) in [6.45, 7) is 0.710. The van der Waals surface area contributed by atoms with Crippen molar-refractivity contribution in [2.45, 2.75) is 44.4 Å². The third-order valence-electron chi connectivity index (χ3n) is 6.23. The fourth-order valence-corrected chi connectivity index (χ4v) is 4.64. The molecule has 0 saturated carbocycles. The molecule has 10 heteroatoms. The molecule has 176 valence electrons. The highest BCUT2D eigenvalue weighted by Crippen LogP contribution is 2.38. The first-order chi connectivity index (χ1) is 16.5. The van der Waals surface area contributed by atoms with Crippen molar-refractivity contribution >= 4 is 22.1 Å². The summed E-state index contributed by atoms with van der Waals surface area (Å²) in [4.78, 5) is 14.6. The van der Waals surface area contributed by atoms with Gasteiger partial charge in [0.05, 0.1) is 29.0 Å². The molecule has 1 saturated heterocycles. The Morgan fingerprint density at radius 2 is 2.06 bits per heavy atom. The van der Waals surface area contributed by atoms with Crippen LogP contribution in [0.25, 0.3) is 10.8 Å². The van der Waals surface area contributed by atoms with Gasteiger partial charge in [-0.3, -0.25) is 9.69 Å². The van der Waals surface area contributed by atoms with Gasteiger partial charge in [-0.25, -0.2) is 13.5 Å². The van der Waals surface area contributed by atoms with Crippen LogP contribution in [-0.4, -0.2) is 41.6 Å². The molecule has 1 aromatic heterocycles. The van der Waals surface area contributed by atoms with E-state index in [1.807, 2.05) is 18.2 Å². The lowest BCUT2D eigenvalue weighted by Crippen LogP contribution is -2.37. The van der Waals surface area contributed by atoms with Crippen molar-refractivity contribution in [3.8, 4) is 11.9 Å². The molecular formula is C24H24F2N6O2. The standard InChI is InChI=1S/C24H24F2N6O2/c25-22(26)13-34-16-7-8-19-21(10-16)31(14-27)23(29-19)11-20-17-5-1-2-6-18(17)24(33)32(30-20)12-15-4-3-9-28-15/h1-2,5-8,10,15,22-23,28-29H,3-4,9,11-13H2. The smallest absolute Gasteiger partial charge is 0.274 e. The third kappa shape index (κ3) is 4.26. The van der Waals surface area contributed by atoms with E-state index in [2.05, 4.69) is 16.8 Å². The number of nitrogens with one attached hydrogen (secondary N) is 2. The summed E-state index contributed by atoms with van der Waals surface area (Å²) in [5, 5.41) is 22.6.